The number of carbonyl (C=O) groups excluding carboxylic acids is 1. The molecule has 3 rings (SSSR count). The summed E-state index contributed by atoms with van der Waals surface area (Å²) >= 11 is 0. The first-order chi connectivity index (χ1) is 15.4. The van der Waals surface area contributed by atoms with Crippen LogP contribution >= 0.6 is 0 Å². The van der Waals surface area contributed by atoms with E-state index in [-0.39, 0.29) is 29.6 Å². The van der Waals surface area contributed by atoms with Gasteiger partial charge in [0.1, 0.15) is 18.1 Å². The molecule has 8 nitrogen and oxygen atoms in total. The third-order valence-electron chi connectivity index (χ3n) is 4.64. The van der Waals surface area contributed by atoms with Crippen molar-refractivity contribution in [2.75, 3.05) is 14.2 Å². The van der Waals surface area contributed by atoms with Crippen molar-refractivity contribution in [2.45, 2.75) is 6.61 Å². The van der Waals surface area contributed by atoms with Gasteiger partial charge in [0.25, 0.3) is 5.69 Å². The van der Waals surface area contributed by atoms with E-state index in [0.29, 0.717) is 17.1 Å². The van der Waals surface area contributed by atoms with E-state index in [0.717, 1.165) is 11.1 Å². The SMILES string of the molecule is COc1cc(C(=O)/C=C/c2ccc(OC)c(COc3ccc([N+](=O)[O-])cc3)c2)ccc1O. The molecule has 0 amide bonds. The van der Waals surface area contributed by atoms with Gasteiger partial charge in [-0.2, -0.15) is 0 Å². The zero-order chi connectivity index (χ0) is 23.1. The van der Waals surface area contributed by atoms with Crippen LogP contribution < -0.4 is 14.2 Å². The molecule has 32 heavy (non-hydrogen) atoms. The van der Waals surface area contributed by atoms with Gasteiger partial charge in [-0.1, -0.05) is 12.1 Å². The molecule has 8 heteroatoms. The molecule has 0 bridgehead atoms. The summed E-state index contributed by atoms with van der Waals surface area (Å²) in [4.78, 5) is 22.8. The Labute approximate surface area is 184 Å². The second-order valence-electron chi connectivity index (χ2n) is 6.70. The molecule has 0 aliphatic carbocycles. The number of phenolic OH excluding ortho intramolecular Hbond substituents is 1. The van der Waals surface area contributed by atoms with E-state index in [1.54, 1.807) is 25.3 Å². The Morgan fingerprint density at radius 2 is 1.72 bits per heavy atom. The van der Waals surface area contributed by atoms with Gasteiger partial charge in [-0.25, -0.2) is 0 Å². The summed E-state index contributed by atoms with van der Waals surface area (Å²) < 4.78 is 16.1. The van der Waals surface area contributed by atoms with Gasteiger partial charge in [0.15, 0.2) is 17.3 Å². The smallest absolute Gasteiger partial charge is 0.269 e. The first kappa shape index (κ1) is 22.4. The van der Waals surface area contributed by atoms with Gasteiger partial charge in [0.2, 0.25) is 0 Å². The predicted molar refractivity (Wildman–Crippen MR) is 118 cm³/mol. The maximum atomic E-state index is 12.5. The average molecular weight is 435 g/mol. The fourth-order valence-electron chi connectivity index (χ4n) is 2.94. The summed E-state index contributed by atoms with van der Waals surface area (Å²) in [6.45, 7) is 0.172. The van der Waals surface area contributed by atoms with Crippen molar-refractivity contribution in [1.29, 1.82) is 0 Å². The van der Waals surface area contributed by atoms with Crippen LogP contribution in [0.1, 0.15) is 21.5 Å². The molecule has 0 unspecified atom stereocenters. The number of aromatic hydroxyl groups is 1. The molecule has 0 aromatic heterocycles. The number of hydrogen-bond donors (Lipinski definition) is 1. The minimum Gasteiger partial charge on any atom is -0.504 e. The molecule has 0 atom stereocenters. The van der Waals surface area contributed by atoms with Crippen LogP contribution in [-0.4, -0.2) is 30.0 Å². The zero-order valence-electron chi connectivity index (χ0n) is 17.5. The number of ketones is 1. The van der Waals surface area contributed by atoms with Crippen LogP contribution in [0.2, 0.25) is 0 Å². The van der Waals surface area contributed by atoms with Gasteiger partial charge in [-0.15, -0.1) is 0 Å². The molecule has 3 aromatic carbocycles. The predicted octanol–water partition coefficient (Wildman–Crippen LogP) is 4.79. The van der Waals surface area contributed by atoms with Crippen molar-refractivity contribution in [2.24, 2.45) is 0 Å². The third kappa shape index (κ3) is 5.42. The lowest BCUT2D eigenvalue weighted by Gasteiger charge is -2.11. The number of nitrogens with zero attached hydrogens (tertiary/aromatic N) is 1. The highest BCUT2D eigenvalue weighted by Gasteiger charge is 2.09. The van der Waals surface area contributed by atoms with E-state index in [9.17, 15) is 20.0 Å². The number of ether oxygens (including phenoxy) is 3. The molecule has 1 N–H and O–H groups in total. The fraction of sp³-hybridized carbons (Fsp3) is 0.125. The maximum Gasteiger partial charge on any atom is 0.269 e. The van der Waals surface area contributed by atoms with Crippen molar-refractivity contribution < 1.29 is 29.0 Å². The number of nitro benzene ring substituents is 1. The summed E-state index contributed by atoms with van der Waals surface area (Å²) in [5.41, 5.74) is 1.86. The van der Waals surface area contributed by atoms with Crippen LogP contribution in [0, 0.1) is 10.1 Å². The standard InChI is InChI=1S/C24H21NO7/c1-30-23-12-4-16(3-10-21(26)17-5-11-22(27)24(14-17)31-2)13-18(23)15-32-20-8-6-19(7-9-20)25(28)29/h3-14,27H,15H2,1-2H3/b10-3+. The number of rotatable bonds is 9. The van der Waals surface area contributed by atoms with Crippen LogP contribution in [-0.2, 0) is 6.61 Å². The van der Waals surface area contributed by atoms with E-state index in [1.165, 1.54) is 55.7 Å². The highest BCUT2D eigenvalue weighted by atomic mass is 16.6. The molecule has 0 saturated heterocycles. The first-order valence-corrected chi connectivity index (χ1v) is 9.55. The van der Waals surface area contributed by atoms with Crippen molar-refractivity contribution in [3.05, 3.63) is 93.5 Å². The highest BCUT2D eigenvalue weighted by Crippen LogP contribution is 2.27. The van der Waals surface area contributed by atoms with Gasteiger partial charge >= 0.3 is 0 Å². The minimum atomic E-state index is -0.474. The number of allylic oxidation sites excluding steroid dienone is 1. The van der Waals surface area contributed by atoms with Crippen LogP contribution in [0.5, 0.6) is 23.0 Å². The monoisotopic (exact) mass is 435 g/mol. The van der Waals surface area contributed by atoms with Crippen LogP contribution in [0.15, 0.2) is 66.7 Å². The van der Waals surface area contributed by atoms with E-state index in [2.05, 4.69) is 0 Å². The fourth-order valence-corrected chi connectivity index (χ4v) is 2.94. The summed E-state index contributed by atoms with van der Waals surface area (Å²) in [5.74, 6) is 1.02. The molecular weight excluding hydrogens is 414 g/mol. The lowest BCUT2D eigenvalue weighted by Crippen LogP contribution is -2.00. The normalized spacial score (nSPS) is 10.7. The van der Waals surface area contributed by atoms with Crippen LogP contribution in [0.25, 0.3) is 6.08 Å². The summed E-state index contributed by atoms with van der Waals surface area (Å²) in [5, 5.41) is 20.4. The lowest BCUT2D eigenvalue weighted by molar-refractivity contribution is -0.384. The van der Waals surface area contributed by atoms with Crippen molar-refractivity contribution in [3.8, 4) is 23.0 Å². The number of nitro groups is 1. The largest absolute Gasteiger partial charge is 0.504 e. The summed E-state index contributed by atoms with van der Waals surface area (Å²) in [6, 6.07) is 15.6. The number of hydrogen-bond acceptors (Lipinski definition) is 7. The highest BCUT2D eigenvalue weighted by molar-refractivity contribution is 6.07. The van der Waals surface area contributed by atoms with E-state index >= 15 is 0 Å². The molecule has 0 aliphatic heterocycles. The first-order valence-electron chi connectivity index (χ1n) is 9.55. The third-order valence-corrected chi connectivity index (χ3v) is 4.64. The number of carbonyl (C=O) groups is 1. The number of methoxy groups -OCH3 is 2. The van der Waals surface area contributed by atoms with Gasteiger partial charge < -0.3 is 19.3 Å². The Bertz CT molecular complexity index is 1150. The van der Waals surface area contributed by atoms with Gasteiger partial charge in [-0.05, 0) is 54.1 Å². The van der Waals surface area contributed by atoms with Gasteiger partial charge in [0.05, 0.1) is 19.1 Å². The lowest BCUT2D eigenvalue weighted by atomic mass is 10.1. The van der Waals surface area contributed by atoms with E-state index in [1.807, 2.05) is 6.07 Å². The summed E-state index contributed by atoms with van der Waals surface area (Å²) in [6.07, 6.45) is 3.09. The van der Waals surface area contributed by atoms with Gasteiger partial charge in [0, 0.05) is 23.3 Å². The maximum absolute atomic E-state index is 12.5. The molecule has 0 fully saturated rings. The van der Waals surface area contributed by atoms with Gasteiger partial charge in [-0.3, -0.25) is 14.9 Å². The van der Waals surface area contributed by atoms with Crippen LogP contribution in [0.4, 0.5) is 5.69 Å². The van der Waals surface area contributed by atoms with Crippen molar-refractivity contribution in [1.82, 2.24) is 0 Å². The van der Waals surface area contributed by atoms with E-state index in [4.69, 9.17) is 14.2 Å². The molecular formula is C24H21NO7. The molecule has 0 spiro atoms. The molecule has 0 saturated carbocycles. The molecule has 0 radical (unpaired) electrons. The molecule has 164 valence electrons. The molecule has 0 heterocycles. The Morgan fingerprint density at radius 3 is 2.38 bits per heavy atom. The second kappa shape index (κ2) is 10.1. The molecule has 3 aromatic rings. The Morgan fingerprint density at radius 1 is 1.00 bits per heavy atom. The number of non-ortho nitro benzene ring substituents is 1. The Kier molecular flexibility index (Phi) is 7.07. The summed E-state index contributed by atoms with van der Waals surface area (Å²) in [7, 11) is 2.96. The average Bonchev–Trinajstić information content (AvgIpc) is 2.81. The van der Waals surface area contributed by atoms with E-state index < -0.39 is 4.92 Å². The minimum absolute atomic E-state index is 0.0158. The number of benzene rings is 3. The van der Waals surface area contributed by atoms with Crippen molar-refractivity contribution >= 4 is 17.5 Å². The Hall–Kier alpha value is -4.33. The number of phenols is 1. The zero-order valence-corrected chi connectivity index (χ0v) is 17.5. The second-order valence-corrected chi connectivity index (χ2v) is 6.70. The Balaban J connectivity index is 1.73. The van der Waals surface area contributed by atoms with Crippen LogP contribution in [0.3, 0.4) is 0 Å². The molecule has 0 aliphatic rings. The van der Waals surface area contributed by atoms with Crippen molar-refractivity contribution in [3.63, 3.8) is 0 Å². The topological polar surface area (TPSA) is 108 Å². The quantitative estimate of drug-likeness (QED) is 0.223.